The van der Waals surface area contributed by atoms with E-state index in [0.29, 0.717) is 21.3 Å². The van der Waals surface area contributed by atoms with Crippen molar-refractivity contribution in [2.75, 3.05) is 0 Å². The molecule has 1 heterocycles. The van der Waals surface area contributed by atoms with Crippen LogP contribution in [0.1, 0.15) is 21.6 Å². The smallest absolute Gasteiger partial charge is 0.271 e. The Labute approximate surface area is 192 Å². The molecule has 8 heteroatoms. The highest BCUT2D eigenvalue weighted by molar-refractivity contribution is 7.13. The summed E-state index contributed by atoms with van der Waals surface area (Å²) in [5, 5.41) is 5.22. The fourth-order valence-corrected chi connectivity index (χ4v) is 4.01. The van der Waals surface area contributed by atoms with E-state index in [1.807, 2.05) is 12.1 Å². The molecule has 0 saturated carbocycles. The number of aromatic nitrogens is 1. The number of hydrogen-bond acceptors (Lipinski definition) is 4. The zero-order valence-electron chi connectivity index (χ0n) is 16.6. The number of thiazole rings is 1. The second kappa shape index (κ2) is 9.89. The first-order chi connectivity index (χ1) is 15.5. The summed E-state index contributed by atoms with van der Waals surface area (Å²) in [5.74, 6) is -0.924. The largest absolute Gasteiger partial charge is 0.489 e. The van der Waals surface area contributed by atoms with E-state index in [2.05, 4.69) is 10.3 Å². The molecule has 162 valence electrons. The van der Waals surface area contributed by atoms with Crippen LogP contribution in [-0.2, 0) is 13.2 Å². The Kier molecular flexibility index (Phi) is 6.78. The van der Waals surface area contributed by atoms with Crippen molar-refractivity contribution in [2.45, 2.75) is 13.2 Å². The van der Waals surface area contributed by atoms with Crippen molar-refractivity contribution in [3.8, 4) is 16.3 Å². The summed E-state index contributed by atoms with van der Waals surface area (Å²) in [7, 11) is 0. The van der Waals surface area contributed by atoms with E-state index in [4.69, 9.17) is 16.3 Å². The third-order valence-electron chi connectivity index (χ3n) is 4.54. The predicted octanol–water partition coefficient (Wildman–Crippen LogP) is 6.25. The van der Waals surface area contributed by atoms with Gasteiger partial charge in [0.25, 0.3) is 5.91 Å². The van der Waals surface area contributed by atoms with Crippen molar-refractivity contribution < 1.29 is 18.3 Å². The molecule has 0 aliphatic heterocycles. The third-order valence-corrected chi connectivity index (χ3v) is 5.66. The number of nitrogens with zero attached hydrogens (tertiary/aromatic N) is 1. The molecule has 0 bridgehead atoms. The molecule has 32 heavy (non-hydrogen) atoms. The van der Waals surface area contributed by atoms with Crippen molar-refractivity contribution in [2.24, 2.45) is 0 Å². The SMILES string of the molecule is O=C(NCc1cccc(F)c1)c1csc(-c2ccc(OCc3cccc(Cl)c3)cc2F)n1. The van der Waals surface area contributed by atoms with Crippen LogP contribution >= 0.6 is 22.9 Å². The molecule has 4 nitrogen and oxygen atoms in total. The zero-order chi connectivity index (χ0) is 22.5. The van der Waals surface area contributed by atoms with Gasteiger partial charge in [-0.25, -0.2) is 13.8 Å². The van der Waals surface area contributed by atoms with Gasteiger partial charge in [0, 0.05) is 28.6 Å². The molecule has 0 radical (unpaired) electrons. The van der Waals surface area contributed by atoms with E-state index < -0.39 is 11.7 Å². The molecule has 0 spiro atoms. The second-order valence-corrected chi connectivity index (χ2v) is 8.21. The maximum absolute atomic E-state index is 14.7. The minimum Gasteiger partial charge on any atom is -0.489 e. The van der Waals surface area contributed by atoms with Gasteiger partial charge in [-0.3, -0.25) is 4.79 Å². The lowest BCUT2D eigenvalue weighted by atomic mass is 10.2. The zero-order valence-corrected chi connectivity index (χ0v) is 18.2. The van der Waals surface area contributed by atoms with E-state index in [0.717, 1.165) is 16.9 Å². The number of halogens is 3. The number of nitrogens with one attached hydrogen (secondary N) is 1. The molecule has 0 aliphatic carbocycles. The van der Waals surface area contributed by atoms with Gasteiger partial charge in [-0.2, -0.15) is 0 Å². The van der Waals surface area contributed by atoms with Crippen LogP contribution in [0.5, 0.6) is 5.75 Å². The van der Waals surface area contributed by atoms with Gasteiger partial charge in [-0.15, -0.1) is 11.3 Å². The molecular formula is C24H17ClF2N2O2S. The molecule has 1 aromatic heterocycles. The Morgan fingerprint density at radius 1 is 1.03 bits per heavy atom. The van der Waals surface area contributed by atoms with Gasteiger partial charge in [-0.05, 0) is 47.5 Å². The van der Waals surface area contributed by atoms with E-state index >= 15 is 0 Å². The summed E-state index contributed by atoms with van der Waals surface area (Å²) in [5.41, 5.74) is 1.94. The molecule has 1 N–H and O–H groups in total. The summed E-state index contributed by atoms with van der Waals surface area (Å²) in [6.45, 7) is 0.419. The first-order valence-electron chi connectivity index (χ1n) is 9.63. The third kappa shape index (κ3) is 5.49. The minimum atomic E-state index is -0.505. The molecule has 4 aromatic rings. The van der Waals surface area contributed by atoms with Gasteiger partial charge >= 0.3 is 0 Å². The van der Waals surface area contributed by atoms with Crippen LogP contribution in [0, 0.1) is 11.6 Å². The topological polar surface area (TPSA) is 51.2 Å². The van der Waals surface area contributed by atoms with Crippen LogP contribution in [0.15, 0.2) is 72.1 Å². The number of ether oxygens (including phenoxy) is 1. The maximum Gasteiger partial charge on any atom is 0.271 e. The normalized spacial score (nSPS) is 10.7. The standard InChI is InChI=1S/C24H17ClF2N2O2S/c25-17-5-1-4-16(9-17)13-31-19-7-8-20(21(27)11-19)24-29-22(14-32-24)23(30)28-12-15-3-2-6-18(26)10-15/h1-11,14H,12-13H2,(H,28,30). The van der Waals surface area contributed by atoms with Crippen molar-refractivity contribution in [3.05, 3.63) is 106 Å². The minimum absolute atomic E-state index is 0.163. The van der Waals surface area contributed by atoms with E-state index in [9.17, 15) is 13.6 Å². The highest BCUT2D eigenvalue weighted by atomic mass is 35.5. The molecule has 3 aromatic carbocycles. The predicted molar refractivity (Wildman–Crippen MR) is 121 cm³/mol. The summed E-state index contributed by atoms with van der Waals surface area (Å²) >= 11 is 7.12. The molecule has 0 atom stereocenters. The van der Waals surface area contributed by atoms with Gasteiger partial charge in [0.05, 0.1) is 0 Å². The molecule has 0 saturated heterocycles. The molecule has 0 aliphatic rings. The number of rotatable bonds is 7. The van der Waals surface area contributed by atoms with Gasteiger partial charge in [-0.1, -0.05) is 35.9 Å². The molecule has 1 amide bonds. The molecule has 0 unspecified atom stereocenters. The Bertz CT molecular complexity index is 1260. The van der Waals surface area contributed by atoms with Gasteiger partial charge < -0.3 is 10.1 Å². The molecular weight excluding hydrogens is 454 g/mol. The van der Waals surface area contributed by atoms with Crippen LogP contribution in [0.2, 0.25) is 5.02 Å². The Balaban J connectivity index is 1.40. The van der Waals surface area contributed by atoms with Crippen LogP contribution < -0.4 is 10.1 Å². The number of amides is 1. The molecule has 0 fully saturated rings. The van der Waals surface area contributed by atoms with E-state index in [-0.39, 0.29) is 30.2 Å². The number of benzene rings is 3. The lowest BCUT2D eigenvalue weighted by Gasteiger charge is -2.08. The average molecular weight is 471 g/mol. The highest BCUT2D eigenvalue weighted by Crippen LogP contribution is 2.29. The van der Waals surface area contributed by atoms with Crippen molar-refractivity contribution in [1.29, 1.82) is 0 Å². The van der Waals surface area contributed by atoms with Crippen LogP contribution in [0.3, 0.4) is 0 Å². The van der Waals surface area contributed by atoms with E-state index in [1.54, 1.807) is 41.8 Å². The molecule has 4 rings (SSSR count). The van der Waals surface area contributed by atoms with E-state index in [1.165, 1.54) is 18.2 Å². The number of carbonyl (C=O) groups is 1. The number of carbonyl (C=O) groups excluding carboxylic acids is 1. The Morgan fingerprint density at radius 2 is 1.84 bits per heavy atom. The fraction of sp³-hybridized carbons (Fsp3) is 0.0833. The van der Waals surface area contributed by atoms with Gasteiger partial charge in [0.1, 0.15) is 34.7 Å². The number of hydrogen-bond donors (Lipinski definition) is 1. The Hall–Kier alpha value is -3.29. The second-order valence-electron chi connectivity index (χ2n) is 6.91. The fourth-order valence-electron chi connectivity index (χ4n) is 2.97. The quantitative estimate of drug-likeness (QED) is 0.347. The van der Waals surface area contributed by atoms with Crippen molar-refractivity contribution in [1.82, 2.24) is 10.3 Å². The van der Waals surface area contributed by atoms with Crippen molar-refractivity contribution in [3.63, 3.8) is 0 Å². The van der Waals surface area contributed by atoms with Crippen LogP contribution in [0.25, 0.3) is 10.6 Å². The van der Waals surface area contributed by atoms with Gasteiger partial charge in [0.2, 0.25) is 0 Å². The summed E-state index contributed by atoms with van der Waals surface area (Å²) in [6.07, 6.45) is 0. The maximum atomic E-state index is 14.7. The first kappa shape index (κ1) is 21.9. The summed E-state index contributed by atoms with van der Waals surface area (Å²) < 4.78 is 33.6. The lowest BCUT2D eigenvalue weighted by molar-refractivity contribution is 0.0946. The van der Waals surface area contributed by atoms with Crippen LogP contribution in [0.4, 0.5) is 8.78 Å². The monoisotopic (exact) mass is 470 g/mol. The van der Waals surface area contributed by atoms with Crippen molar-refractivity contribution >= 4 is 28.8 Å². The van der Waals surface area contributed by atoms with Gasteiger partial charge in [0.15, 0.2) is 0 Å². The van der Waals surface area contributed by atoms with Crippen LogP contribution in [-0.4, -0.2) is 10.9 Å². The highest BCUT2D eigenvalue weighted by Gasteiger charge is 2.15. The summed E-state index contributed by atoms with van der Waals surface area (Å²) in [6, 6.07) is 17.7. The lowest BCUT2D eigenvalue weighted by Crippen LogP contribution is -2.23. The first-order valence-corrected chi connectivity index (χ1v) is 10.9. The average Bonchev–Trinajstić information content (AvgIpc) is 3.26. The summed E-state index contributed by atoms with van der Waals surface area (Å²) in [4.78, 5) is 16.6. The Morgan fingerprint density at radius 3 is 2.62 bits per heavy atom.